The summed E-state index contributed by atoms with van der Waals surface area (Å²) < 4.78 is 0. The zero-order valence-corrected chi connectivity index (χ0v) is 12.1. The van der Waals surface area contributed by atoms with Gasteiger partial charge in [0.1, 0.15) is 0 Å². The van der Waals surface area contributed by atoms with Crippen LogP contribution in [-0.4, -0.2) is 49.6 Å². The summed E-state index contributed by atoms with van der Waals surface area (Å²) in [7, 11) is 4.40. The molecule has 1 rings (SSSR count). The third kappa shape index (κ3) is 4.27. The molecule has 0 aromatic carbocycles. The van der Waals surface area contributed by atoms with Gasteiger partial charge in [-0.25, -0.2) is 0 Å². The van der Waals surface area contributed by atoms with Crippen LogP contribution in [0.15, 0.2) is 0 Å². The van der Waals surface area contributed by atoms with Gasteiger partial charge in [0.05, 0.1) is 0 Å². The van der Waals surface area contributed by atoms with E-state index in [9.17, 15) is 0 Å². The Kier molecular flexibility index (Phi) is 6.78. The first kappa shape index (κ1) is 14.3. The molecule has 16 heavy (non-hydrogen) atoms. The van der Waals surface area contributed by atoms with E-state index >= 15 is 0 Å². The van der Waals surface area contributed by atoms with Crippen LogP contribution in [0.3, 0.4) is 0 Å². The highest BCUT2D eigenvalue weighted by Crippen LogP contribution is 2.26. The van der Waals surface area contributed by atoms with Gasteiger partial charge in [-0.05, 0) is 58.2 Å². The van der Waals surface area contributed by atoms with E-state index in [0.717, 1.165) is 18.0 Å². The molecular weight excluding hydrogens is 216 g/mol. The van der Waals surface area contributed by atoms with Crippen molar-refractivity contribution < 1.29 is 0 Å². The summed E-state index contributed by atoms with van der Waals surface area (Å²) in [6.07, 6.45) is 7.69. The second kappa shape index (κ2) is 7.57. The van der Waals surface area contributed by atoms with E-state index in [1.807, 2.05) is 11.8 Å². The summed E-state index contributed by atoms with van der Waals surface area (Å²) in [6, 6.07) is 1.49. The normalized spacial score (nSPS) is 27.6. The molecule has 3 unspecified atom stereocenters. The smallest absolute Gasteiger partial charge is 0.0104 e. The largest absolute Gasteiger partial charge is 0.317 e. The maximum atomic E-state index is 3.47. The monoisotopic (exact) mass is 244 g/mol. The lowest BCUT2D eigenvalue weighted by atomic mass is 10.0. The molecule has 0 saturated heterocycles. The molecule has 0 aliphatic heterocycles. The first-order chi connectivity index (χ1) is 7.69. The van der Waals surface area contributed by atoms with Gasteiger partial charge in [-0.1, -0.05) is 6.42 Å². The van der Waals surface area contributed by atoms with Crippen molar-refractivity contribution in [1.82, 2.24) is 10.2 Å². The Labute approximate surface area is 106 Å². The molecule has 0 spiro atoms. The third-order valence-corrected chi connectivity index (χ3v) is 4.69. The molecule has 1 N–H and O–H groups in total. The lowest BCUT2D eigenvalue weighted by Gasteiger charge is -2.30. The molecule has 1 aliphatic carbocycles. The molecule has 3 atom stereocenters. The van der Waals surface area contributed by atoms with Crippen molar-refractivity contribution in [3.8, 4) is 0 Å². The average molecular weight is 244 g/mol. The van der Waals surface area contributed by atoms with Crippen LogP contribution in [-0.2, 0) is 0 Å². The standard InChI is InChI=1S/C13H28N2S/c1-11(8-9-16-4)15(3)10-12-6-5-7-13(12)14-2/h11-14H,5-10H2,1-4H3. The average Bonchev–Trinajstić information content (AvgIpc) is 2.72. The quantitative estimate of drug-likeness (QED) is 0.740. The molecule has 1 aliphatic rings. The summed E-state index contributed by atoms with van der Waals surface area (Å²) >= 11 is 1.96. The second-order valence-corrected chi connectivity index (χ2v) is 6.14. The van der Waals surface area contributed by atoms with Crippen molar-refractivity contribution in [3.05, 3.63) is 0 Å². The van der Waals surface area contributed by atoms with Crippen molar-refractivity contribution in [1.29, 1.82) is 0 Å². The molecular formula is C13H28N2S. The molecule has 0 aromatic rings. The first-order valence-corrected chi connectivity index (χ1v) is 7.94. The summed E-state index contributed by atoms with van der Waals surface area (Å²) in [5.74, 6) is 2.15. The van der Waals surface area contributed by atoms with Crippen LogP contribution < -0.4 is 5.32 Å². The van der Waals surface area contributed by atoms with Crippen LogP contribution in [0.1, 0.15) is 32.6 Å². The van der Waals surface area contributed by atoms with Crippen molar-refractivity contribution in [2.24, 2.45) is 5.92 Å². The maximum Gasteiger partial charge on any atom is 0.0104 e. The highest BCUT2D eigenvalue weighted by molar-refractivity contribution is 7.98. The highest BCUT2D eigenvalue weighted by atomic mass is 32.2. The van der Waals surface area contributed by atoms with Crippen molar-refractivity contribution in [2.75, 3.05) is 32.6 Å². The number of hydrogen-bond donors (Lipinski definition) is 1. The Hall–Kier alpha value is 0.270. The zero-order valence-electron chi connectivity index (χ0n) is 11.3. The van der Waals surface area contributed by atoms with Gasteiger partial charge in [-0.3, -0.25) is 0 Å². The molecule has 1 saturated carbocycles. The Morgan fingerprint density at radius 3 is 2.81 bits per heavy atom. The summed E-state index contributed by atoms with van der Waals surface area (Å²) in [4.78, 5) is 2.55. The third-order valence-electron chi connectivity index (χ3n) is 4.04. The summed E-state index contributed by atoms with van der Waals surface area (Å²) in [5, 5.41) is 3.47. The minimum absolute atomic E-state index is 0.727. The van der Waals surface area contributed by atoms with Crippen LogP contribution in [0.5, 0.6) is 0 Å². The second-order valence-electron chi connectivity index (χ2n) is 5.16. The van der Waals surface area contributed by atoms with E-state index in [0.29, 0.717) is 0 Å². The Morgan fingerprint density at radius 2 is 2.19 bits per heavy atom. The molecule has 3 heteroatoms. The Bertz CT molecular complexity index is 187. The van der Waals surface area contributed by atoms with Crippen LogP contribution in [0.4, 0.5) is 0 Å². The van der Waals surface area contributed by atoms with Gasteiger partial charge >= 0.3 is 0 Å². The summed E-state index contributed by atoms with van der Waals surface area (Å²) in [6.45, 7) is 3.63. The van der Waals surface area contributed by atoms with Crippen molar-refractivity contribution >= 4 is 11.8 Å². The Balaban J connectivity index is 2.29. The summed E-state index contributed by atoms with van der Waals surface area (Å²) in [5.41, 5.74) is 0. The number of hydrogen-bond acceptors (Lipinski definition) is 3. The van der Waals surface area contributed by atoms with Crippen LogP contribution in [0, 0.1) is 5.92 Å². The van der Waals surface area contributed by atoms with Crippen LogP contribution in [0.25, 0.3) is 0 Å². The van der Waals surface area contributed by atoms with Gasteiger partial charge in [0.25, 0.3) is 0 Å². The van der Waals surface area contributed by atoms with Crippen molar-refractivity contribution in [3.63, 3.8) is 0 Å². The van der Waals surface area contributed by atoms with Gasteiger partial charge in [0.15, 0.2) is 0 Å². The van der Waals surface area contributed by atoms with E-state index in [1.165, 1.54) is 38.0 Å². The molecule has 0 radical (unpaired) electrons. The van der Waals surface area contributed by atoms with E-state index in [1.54, 1.807) is 0 Å². The van der Waals surface area contributed by atoms with Crippen molar-refractivity contribution in [2.45, 2.75) is 44.7 Å². The van der Waals surface area contributed by atoms with Crippen LogP contribution in [0.2, 0.25) is 0 Å². The minimum atomic E-state index is 0.727. The SMILES string of the molecule is CNC1CCCC1CN(C)C(C)CCSC. The minimum Gasteiger partial charge on any atom is -0.317 e. The fraction of sp³-hybridized carbons (Fsp3) is 1.00. The Morgan fingerprint density at radius 1 is 1.44 bits per heavy atom. The van der Waals surface area contributed by atoms with Gasteiger partial charge in [0.2, 0.25) is 0 Å². The number of nitrogens with one attached hydrogen (secondary N) is 1. The van der Waals surface area contributed by atoms with E-state index < -0.39 is 0 Å². The molecule has 0 amide bonds. The lowest BCUT2D eigenvalue weighted by molar-refractivity contribution is 0.202. The van der Waals surface area contributed by atoms with Gasteiger partial charge in [0, 0.05) is 18.6 Å². The van der Waals surface area contributed by atoms with Gasteiger partial charge < -0.3 is 10.2 Å². The van der Waals surface area contributed by atoms with Crippen LogP contribution >= 0.6 is 11.8 Å². The fourth-order valence-corrected chi connectivity index (χ4v) is 3.27. The molecule has 96 valence electrons. The van der Waals surface area contributed by atoms with Gasteiger partial charge in [-0.2, -0.15) is 11.8 Å². The van der Waals surface area contributed by atoms with E-state index in [4.69, 9.17) is 0 Å². The number of nitrogens with zero attached hydrogens (tertiary/aromatic N) is 1. The molecule has 1 fully saturated rings. The predicted molar refractivity (Wildman–Crippen MR) is 75.3 cm³/mol. The molecule has 0 aromatic heterocycles. The molecule has 0 heterocycles. The lowest BCUT2D eigenvalue weighted by Crippen LogP contribution is -2.39. The number of rotatable bonds is 7. The number of thioether (sulfide) groups is 1. The predicted octanol–water partition coefficient (Wildman–Crippen LogP) is 2.45. The first-order valence-electron chi connectivity index (χ1n) is 6.55. The highest BCUT2D eigenvalue weighted by Gasteiger charge is 2.27. The molecule has 2 nitrogen and oxygen atoms in total. The maximum absolute atomic E-state index is 3.47. The zero-order chi connectivity index (χ0) is 12.0. The fourth-order valence-electron chi connectivity index (χ4n) is 2.69. The van der Waals surface area contributed by atoms with Gasteiger partial charge in [-0.15, -0.1) is 0 Å². The topological polar surface area (TPSA) is 15.3 Å². The van der Waals surface area contributed by atoms with E-state index in [2.05, 4.69) is 37.5 Å². The van der Waals surface area contributed by atoms with E-state index in [-0.39, 0.29) is 0 Å². The molecule has 0 bridgehead atoms.